The second-order valence-corrected chi connectivity index (χ2v) is 4.90. The van der Waals surface area contributed by atoms with Crippen molar-refractivity contribution in [3.8, 4) is 0 Å². The minimum absolute atomic E-state index is 0.0417. The van der Waals surface area contributed by atoms with Gasteiger partial charge in [-0.25, -0.2) is 0 Å². The summed E-state index contributed by atoms with van der Waals surface area (Å²) < 4.78 is 5.93. The molecule has 1 rings (SSSR count). The first-order chi connectivity index (χ1) is 6.89. The van der Waals surface area contributed by atoms with Crippen molar-refractivity contribution in [2.75, 3.05) is 7.11 Å². The van der Waals surface area contributed by atoms with Crippen molar-refractivity contribution in [3.05, 3.63) is 34.3 Å². The number of aldehydes is 1. The standard InChI is InChI=1S/C7H5BrO.C5H12O/c8-7-3-1-6(5-9)2-4-7;1-5(2,3)6-4/h1-5H;1-4H3. The van der Waals surface area contributed by atoms with Gasteiger partial charge in [-0.05, 0) is 32.9 Å². The molecule has 0 fully saturated rings. The summed E-state index contributed by atoms with van der Waals surface area (Å²) in [5.74, 6) is 0. The van der Waals surface area contributed by atoms with E-state index >= 15 is 0 Å². The third kappa shape index (κ3) is 8.33. The third-order valence-electron chi connectivity index (χ3n) is 1.62. The molecule has 0 radical (unpaired) electrons. The van der Waals surface area contributed by atoms with Gasteiger partial charge in [0.2, 0.25) is 0 Å². The molecule has 0 amide bonds. The lowest BCUT2D eigenvalue weighted by molar-refractivity contribution is 0.0397. The predicted molar refractivity (Wildman–Crippen MR) is 66.3 cm³/mol. The lowest BCUT2D eigenvalue weighted by atomic mass is 10.2. The molecule has 0 atom stereocenters. The van der Waals surface area contributed by atoms with E-state index in [-0.39, 0.29) is 5.60 Å². The van der Waals surface area contributed by atoms with Crippen LogP contribution in [0.5, 0.6) is 0 Å². The minimum atomic E-state index is 0.0417. The van der Waals surface area contributed by atoms with Gasteiger partial charge in [0.15, 0.2) is 0 Å². The fraction of sp³-hybridized carbons (Fsp3) is 0.417. The summed E-state index contributed by atoms with van der Waals surface area (Å²) in [7, 11) is 1.71. The topological polar surface area (TPSA) is 26.3 Å². The van der Waals surface area contributed by atoms with Crippen LogP contribution in [0.25, 0.3) is 0 Å². The second-order valence-electron chi connectivity index (χ2n) is 3.99. The predicted octanol–water partition coefficient (Wildman–Crippen LogP) is 3.69. The number of hydrogen-bond donors (Lipinski definition) is 0. The van der Waals surface area contributed by atoms with Gasteiger partial charge in [-0.3, -0.25) is 4.79 Å². The highest BCUT2D eigenvalue weighted by Crippen LogP contribution is 2.08. The van der Waals surface area contributed by atoms with Gasteiger partial charge in [0.05, 0.1) is 5.60 Å². The number of methoxy groups -OCH3 is 1. The number of hydrogen-bond acceptors (Lipinski definition) is 2. The van der Waals surface area contributed by atoms with Crippen LogP contribution >= 0.6 is 15.9 Å². The Morgan fingerprint density at radius 1 is 1.20 bits per heavy atom. The van der Waals surface area contributed by atoms with E-state index < -0.39 is 0 Å². The minimum Gasteiger partial charge on any atom is -0.379 e. The van der Waals surface area contributed by atoms with Crippen molar-refractivity contribution in [1.29, 1.82) is 0 Å². The van der Waals surface area contributed by atoms with Crippen molar-refractivity contribution < 1.29 is 9.53 Å². The Morgan fingerprint density at radius 3 is 1.87 bits per heavy atom. The third-order valence-corrected chi connectivity index (χ3v) is 2.15. The smallest absolute Gasteiger partial charge is 0.150 e. The average Bonchev–Trinajstić information content (AvgIpc) is 2.19. The Hall–Kier alpha value is -0.670. The van der Waals surface area contributed by atoms with Crippen LogP contribution in [-0.2, 0) is 4.74 Å². The van der Waals surface area contributed by atoms with Crippen molar-refractivity contribution in [3.63, 3.8) is 0 Å². The first-order valence-electron chi connectivity index (χ1n) is 4.65. The Labute approximate surface area is 99.8 Å². The Balaban J connectivity index is 0.000000288. The highest BCUT2D eigenvalue weighted by Gasteiger charge is 2.03. The first kappa shape index (κ1) is 14.3. The van der Waals surface area contributed by atoms with E-state index in [9.17, 15) is 4.79 Å². The molecule has 0 aliphatic carbocycles. The molecular weight excluding hydrogens is 256 g/mol. The van der Waals surface area contributed by atoms with Gasteiger partial charge in [0.25, 0.3) is 0 Å². The van der Waals surface area contributed by atoms with E-state index in [1.165, 1.54) is 0 Å². The van der Waals surface area contributed by atoms with Crippen LogP contribution in [0.4, 0.5) is 0 Å². The molecule has 15 heavy (non-hydrogen) atoms. The van der Waals surface area contributed by atoms with Crippen LogP contribution in [0.3, 0.4) is 0 Å². The Kier molecular flexibility index (Phi) is 6.45. The van der Waals surface area contributed by atoms with Gasteiger partial charge in [-0.1, -0.05) is 28.1 Å². The molecule has 0 saturated carbocycles. The average molecular weight is 273 g/mol. The summed E-state index contributed by atoms with van der Waals surface area (Å²) >= 11 is 3.26. The largest absolute Gasteiger partial charge is 0.379 e. The van der Waals surface area contributed by atoms with Gasteiger partial charge >= 0.3 is 0 Å². The monoisotopic (exact) mass is 272 g/mol. The highest BCUT2D eigenvalue weighted by atomic mass is 79.9. The van der Waals surface area contributed by atoms with Crippen LogP contribution in [0, 0.1) is 0 Å². The maximum Gasteiger partial charge on any atom is 0.150 e. The molecule has 0 heterocycles. The van der Waals surface area contributed by atoms with Crippen molar-refractivity contribution in [2.45, 2.75) is 26.4 Å². The van der Waals surface area contributed by atoms with Gasteiger partial charge < -0.3 is 4.74 Å². The van der Waals surface area contributed by atoms with Crippen LogP contribution in [0.15, 0.2) is 28.7 Å². The summed E-state index contributed by atoms with van der Waals surface area (Å²) in [6, 6.07) is 7.20. The quantitative estimate of drug-likeness (QED) is 0.729. The molecule has 2 nitrogen and oxygen atoms in total. The lowest BCUT2D eigenvalue weighted by Crippen LogP contribution is -2.15. The lowest BCUT2D eigenvalue weighted by Gasteiger charge is -2.14. The fourth-order valence-corrected chi connectivity index (χ4v) is 0.806. The number of halogens is 1. The van der Waals surface area contributed by atoms with Gasteiger partial charge in [-0.2, -0.15) is 0 Å². The molecule has 0 aromatic heterocycles. The highest BCUT2D eigenvalue weighted by molar-refractivity contribution is 9.10. The Bertz CT molecular complexity index is 285. The zero-order valence-electron chi connectivity index (χ0n) is 9.58. The molecule has 0 saturated heterocycles. The summed E-state index contributed by atoms with van der Waals surface area (Å²) in [6.45, 7) is 6.06. The van der Waals surface area contributed by atoms with E-state index in [2.05, 4.69) is 15.9 Å². The first-order valence-corrected chi connectivity index (χ1v) is 5.44. The van der Waals surface area contributed by atoms with E-state index in [0.29, 0.717) is 5.56 Å². The molecule has 1 aromatic carbocycles. The number of carbonyl (C=O) groups is 1. The molecule has 3 heteroatoms. The zero-order chi connectivity index (χ0) is 11.9. The van der Waals surface area contributed by atoms with Crippen LogP contribution in [0.1, 0.15) is 31.1 Å². The van der Waals surface area contributed by atoms with Gasteiger partial charge in [0, 0.05) is 17.1 Å². The second kappa shape index (κ2) is 6.75. The molecule has 0 N–H and O–H groups in total. The summed E-state index contributed by atoms with van der Waals surface area (Å²) in [5, 5.41) is 0. The summed E-state index contributed by atoms with van der Waals surface area (Å²) in [6.07, 6.45) is 0.826. The number of benzene rings is 1. The molecule has 0 spiro atoms. The van der Waals surface area contributed by atoms with Crippen molar-refractivity contribution in [1.82, 2.24) is 0 Å². The van der Waals surface area contributed by atoms with Gasteiger partial charge in [0.1, 0.15) is 6.29 Å². The van der Waals surface area contributed by atoms with Gasteiger partial charge in [-0.15, -0.1) is 0 Å². The number of carbonyl (C=O) groups excluding carboxylic acids is 1. The normalized spacial score (nSPS) is 10.2. The van der Waals surface area contributed by atoms with Crippen LogP contribution in [0.2, 0.25) is 0 Å². The molecular formula is C12H17BrO2. The zero-order valence-corrected chi connectivity index (χ0v) is 11.2. The Morgan fingerprint density at radius 2 is 1.60 bits per heavy atom. The number of ether oxygens (including phenoxy) is 1. The molecule has 0 bridgehead atoms. The van der Waals surface area contributed by atoms with Crippen LogP contribution in [-0.4, -0.2) is 19.0 Å². The van der Waals surface area contributed by atoms with E-state index in [1.807, 2.05) is 32.9 Å². The summed E-state index contributed by atoms with van der Waals surface area (Å²) in [4.78, 5) is 10.1. The van der Waals surface area contributed by atoms with E-state index in [0.717, 1.165) is 10.8 Å². The SMILES string of the molecule is COC(C)(C)C.O=Cc1ccc(Br)cc1. The molecule has 0 aliphatic rings. The van der Waals surface area contributed by atoms with Crippen molar-refractivity contribution in [2.24, 2.45) is 0 Å². The van der Waals surface area contributed by atoms with Crippen LogP contribution < -0.4 is 0 Å². The molecule has 0 unspecified atom stereocenters. The number of rotatable bonds is 1. The summed E-state index contributed by atoms with van der Waals surface area (Å²) in [5.41, 5.74) is 0.748. The maximum atomic E-state index is 10.1. The fourth-order valence-electron chi connectivity index (χ4n) is 0.541. The maximum absolute atomic E-state index is 10.1. The molecule has 84 valence electrons. The van der Waals surface area contributed by atoms with E-state index in [1.54, 1.807) is 19.2 Å². The van der Waals surface area contributed by atoms with E-state index in [4.69, 9.17) is 4.74 Å². The molecule has 0 aliphatic heterocycles. The van der Waals surface area contributed by atoms with Crippen molar-refractivity contribution >= 4 is 22.2 Å². The molecule has 1 aromatic rings.